The van der Waals surface area contributed by atoms with Gasteiger partial charge in [0, 0.05) is 18.7 Å². The van der Waals surface area contributed by atoms with Crippen molar-refractivity contribution in [2.24, 2.45) is 0 Å². The Morgan fingerprint density at radius 3 is 2.36 bits per heavy atom. The van der Waals surface area contributed by atoms with Gasteiger partial charge >= 0.3 is 0 Å². The van der Waals surface area contributed by atoms with E-state index in [1.165, 1.54) is 6.92 Å². The van der Waals surface area contributed by atoms with Gasteiger partial charge in [0.25, 0.3) is 0 Å². The first kappa shape index (κ1) is 10.9. The van der Waals surface area contributed by atoms with Gasteiger partial charge in [0.2, 0.25) is 0 Å². The zero-order valence-corrected chi connectivity index (χ0v) is 7.21. The number of hydrogen-bond donors (Lipinski definition) is 2. The molecular formula is C7H13ClO3. The molecule has 0 radical (unpaired) electrons. The number of aliphatic hydroxyl groups excluding tert-OH is 2. The van der Waals surface area contributed by atoms with Gasteiger partial charge in [-0.3, -0.25) is 4.79 Å². The number of ketones is 1. The van der Waals surface area contributed by atoms with Crippen molar-refractivity contribution < 1.29 is 15.0 Å². The molecule has 3 nitrogen and oxygen atoms in total. The van der Waals surface area contributed by atoms with Crippen molar-refractivity contribution in [1.29, 1.82) is 0 Å². The molecule has 0 saturated heterocycles. The van der Waals surface area contributed by atoms with Gasteiger partial charge in [-0.25, -0.2) is 0 Å². The maximum absolute atomic E-state index is 10.4. The Hall–Kier alpha value is -0.120. The highest BCUT2D eigenvalue weighted by Crippen LogP contribution is 2.04. The minimum absolute atomic E-state index is 0.0840. The van der Waals surface area contributed by atoms with Crippen LogP contribution < -0.4 is 0 Å². The molecule has 2 atom stereocenters. The summed E-state index contributed by atoms with van der Waals surface area (Å²) in [5, 5.41) is 18.0. The average molecular weight is 181 g/mol. The maximum atomic E-state index is 10.4. The third kappa shape index (κ3) is 6.28. The number of Topliss-reactive ketones (excluding diaryl/α,β-unsaturated/α-hetero) is 1. The maximum Gasteiger partial charge on any atom is 0.132 e. The van der Waals surface area contributed by atoms with Crippen LogP contribution in [0.4, 0.5) is 0 Å². The Morgan fingerprint density at radius 2 is 2.00 bits per heavy atom. The van der Waals surface area contributed by atoms with E-state index in [4.69, 9.17) is 21.8 Å². The van der Waals surface area contributed by atoms with Gasteiger partial charge in [-0.1, -0.05) is 0 Å². The molecule has 0 aliphatic heterocycles. The molecule has 0 saturated carbocycles. The van der Waals surface area contributed by atoms with Gasteiger partial charge in [-0.2, -0.15) is 0 Å². The smallest absolute Gasteiger partial charge is 0.132 e. The van der Waals surface area contributed by atoms with E-state index in [1.54, 1.807) is 0 Å². The first-order valence-electron chi connectivity index (χ1n) is 3.47. The lowest BCUT2D eigenvalue weighted by molar-refractivity contribution is -0.119. The molecular weight excluding hydrogens is 168 g/mol. The van der Waals surface area contributed by atoms with E-state index >= 15 is 0 Å². The van der Waals surface area contributed by atoms with Gasteiger partial charge in [0.1, 0.15) is 5.78 Å². The Labute approximate surface area is 71.0 Å². The number of aliphatic hydroxyl groups is 2. The number of alkyl halides is 1. The van der Waals surface area contributed by atoms with Crippen molar-refractivity contribution >= 4 is 17.4 Å². The molecule has 0 fully saturated rings. The number of halogens is 1. The fraction of sp³-hybridized carbons (Fsp3) is 0.857. The van der Waals surface area contributed by atoms with Crippen LogP contribution in [0.15, 0.2) is 0 Å². The van der Waals surface area contributed by atoms with E-state index in [0.29, 0.717) is 0 Å². The highest BCUT2D eigenvalue weighted by molar-refractivity contribution is 6.18. The van der Waals surface area contributed by atoms with Crippen LogP contribution in [-0.4, -0.2) is 34.1 Å². The minimum Gasteiger partial charge on any atom is -0.393 e. The number of hydrogen-bond acceptors (Lipinski definition) is 3. The first-order chi connectivity index (χ1) is 5.06. The van der Waals surface area contributed by atoms with Crippen LogP contribution in [0.2, 0.25) is 0 Å². The molecule has 0 spiro atoms. The van der Waals surface area contributed by atoms with Crippen LogP contribution >= 0.6 is 11.6 Å². The molecule has 0 aromatic heterocycles. The summed E-state index contributed by atoms with van der Waals surface area (Å²) < 4.78 is 0. The Morgan fingerprint density at radius 1 is 1.45 bits per heavy atom. The standard InChI is InChI=1S/C7H13ClO3/c1-5(9)2-6(10)3-7(11)4-8/h6-7,10-11H,2-4H2,1H3/t6-,7+/m1/s1. The van der Waals surface area contributed by atoms with E-state index in [-0.39, 0.29) is 24.5 Å². The summed E-state index contributed by atoms with van der Waals surface area (Å²) in [5.41, 5.74) is 0. The van der Waals surface area contributed by atoms with Crippen molar-refractivity contribution in [1.82, 2.24) is 0 Å². The lowest BCUT2D eigenvalue weighted by Gasteiger charge is -2.11. The molecule has 0 unspecified atom stereocenters. The van der Waals surface area contributed by atoms with Gasteiger partial charge in [0.05, 0.1) is 12.2 Å². The Bertz CT molecular complexity index is 127. The SMILES string of the molecule is CC(=O)C[C@@H](O)C[C@H](O)CCl. The molecule has 0 bridgehead atoms. The largest absolute Gasteiger partial charge is 0.393 e. The van der Waals surface area contributed by atoms with Crippen molar-refractivity contribution in [2.75, 3.05) is 5.88 Å². The summed E-state index contributed by atoms with van der Waals surface area (Å²) >= 11 is 5.29. The topological polar surface area (TPSA) is 57.5 Å². The second-order valence-corrected chi connectivity index (χ2v) is 2.91. The predicted octanol–water partition coefficient (Wildman–Crippen LogP) is 0.316. The highest BCUT2D eigenvalue weighted by Gasteiger charge is 2.12. The minimum atomic E-state index is -0.763. The van der Waals surface area contributed by atoms with Crippen molar-refractivity contribution in [3.8, 4) is 0 Å². The number of carbonyl (C=O) groups is 1. The average Bonchev–Trinajstić information content (AvgIpc) is 1.85. The fourth-order valence-corrected chi connectivity index (χ4v) is 0.918. The lowest BCUT2D eigenvalue weighted by atomic mass is 10.1. The molecule has 0 aliphatic rings. The quantitative estimate of drug-likeness (QED) is 0.599. The summed E-state index contributed by atoms with van der Waals surface area (Å²) in [5.74, 6) is 0.00822. The first-order valence-corrected chi connectivity index (χ1v) is 4.01. The van der Waals surface area contributed by atoms with E-state index in [0.717, 1.165) is 0 Å². The van der Waals surface area contributed by atoms with Crippen molar-refractivity contribution in [2.45, 2.75) is 32.0 Å². The molecule has 11 heavy (non-hydrogen) atoms. The summed E-state index contributed by atoms with van der Waals surface area (Å²) in [4.78, 5) is 10.4. The van der Waals surface area contributed by atoms with Crippen LogP contribution in [0.25, 0.3) is 0 Å². The summed E-state index contributed by atoms with van der Waals surface area (Å²) in [7, 11) is 0. The molecule has 4 heteroatoms. The van der Waals surface area contributed by atoms with Crippen LogP contribution in [0, 0.1) is 0 Å². The van der Waals surface area contributed by atoms with Gasteiger partial charge in [0.15, 0.2) is 0 Å². The van der Waals surface area contributed by atoms with E-state index in [2.05, 4.69) is 0 Å². The van der Waals surface area contributed by atoms with Crippen LogP contribution in [0.1, 0.15) is 19.8 Å². The molecule has 0 aromatic rings. The van der Waals surface area contributed by atoms with E-state index in [9.17, 15) is 4.79 Å². The van der Waals surface area contributed by atoms with E-state index < -0.39 is 12.2 Å². The number of rotatable bonds is 5. The Balaban J connectivity index is 3.51. The van der Waals surface area contributed by atoms with Gasteiger partial charge < -0.3 is 10.2 Å². The Kier molecular flexibility index (Phi) is 5.46. The van der Waals surface area contributed by atoms with E-state index in [1.807, 2.05) is 0 Å². The van der Waals surface area contributed by atoms with Crippen molar-refractivity contribution in [3.05, 3.63) is 0 Å². The monoisotopic (exact) mass is 180 g/mol. The molecule has 0 aliphatic carbocycles. The second-order valence-electron chi connectivity index (χ2n) is 2.60. The lowest BCUT2D eigenvalue weighted by Crippen LogP contribution is -2.20. The molecule has 66 valence electrons. The third-order valence-corrected chi connectivity index (χ3v) is 1.60. The van der Waals surface area contributed by atoms with Crippen LogP contribution in [0.3, 0.4) is 0 Å². The normalized spacial score (nSPS) is 16.0. The molecule has 0 heterocycles. The fourth-order valence-electron chi connectivity index (χ4n) is 0.792. The summed E-state index contributed by atoms with van der Waals surface area (Å²) in [6.45, 7) is 1.40. The van der Waals surface area contributed by atoms with Crippen LogP contribution in [-0.2, 0) is 4.79 Å². The summed E-state index contributed by atoms with van der Waals surface area (Å²) in [6, 6.07) is 0. The zero-order chi connectivity index (χ0) is 8.85. The zero-order valence-electron chi connectivity index (χ0n) is 6.46. The number of carbonyl (C=O) groups excluding carboxylic acids is 1. The summed E-state index contributed by atoms with van der Waals surface area (Å²) in [6.07, 6.45) is -1.22. The second kappa shape index (κ2) is 5.52. The molecule has 0 rings (SSSR count). The van der Waals surface area contributed by atoms with Crippen LogP contribution in [0.5, 0.6) is 0 Å². The highest BCUT2D eigenvalue weighted by atomic mass is 35.5. The van der Waals surface area contributed by atoms with Gasteiger partial charge in [-0.15, -0.1) is 11.6 Å². The molecule has 0 aromatic carbocycles. The molecule has 2 N–H and O–H groups in total. The van der Waals surface area contributed by atoms with Crippen molar-refractivity contribution in [3.63, 3.8) is 0 Å². The molecule has 0 amide bonds. The third-order valence-electron chi connectivity index (χ3n) is 1.25. The van der Waals surface area contributed by atoms with Gasteiger partial charge in [-0.05, 0) is 6.92 Å². The predicted molar refractivity (Wildman–Crippen MR) is 42.6 cm³/mol.